The minimum Gasteiger partial charge on any atom is -0.394 e. The van der Waals surface area contributed by atoms with Crippen molar-refractivity contribution in [3.8, 4) is 0 Å². The van der Waals surface area contributed by atoms with Gasteiger partial charge in [0.1, 0.15) is 12.2 Å². The van der Waals surface area contributed by atoms with E-state index in [4.69, 9.17) is 9.84 Å². The van der Waals surface area contributed by atoms with Crippen molar-refractivity contribution in [1.29, 1.82) is 0 Å². The second kappa shape index (κ2) is 4.59. The monoisotopic (exact) mass is 264 g/mol. The highest BCUT2D eigenvalue weighted by Gasteiger charge is 2.45. The maximum Gasteiger partial charge on any atom is 0.330 e. The molecule has 1 aliphatic rings. The Hall–Kier alpha value is -1.58. The number of aliphatic hydroxyl groups is 2. The van der Waals surface area contributed by atoms with E-state index < -0.39 is 48.3 Å². The highest BCUT2D eigenvalue weighted by molar-refractivity contribution is 4.94. The van der Waals surface area contributed by atoms with E-state index in [1.165, 1.54) is 0 Å². The van der Waals surface area contributed by atoms with Crippen LogP contribution in [0.5, 0.6) is 0 Å². The van der Waals surface area contributed by atoms with Gasteiger partial charge in [0.05, 0.1) is 12.8 Å². The molecule has 0 aliphatic carbocycles. The van der Waals surface area contributed by atoms with E-state index in [-0.39, 0.29) is 0 Å². The molecule has 0 bridgehead atoms. The predicted molar refractivity (Wildman–Crippen MR) is 53.2 cm³/mol. The largest absolute Gasteiger partial charge is 0.394 e. The topological polar surface area (TPSA) is 105 Å². The highest BCUT2D eigenvalue weighted by atomic mass is 19.1. The van der Waals surface area contributed by atoms with Crippen molar-refractivity contribution < 1.29 is 23.7 Å². The maximum atomic E-state index is 13.7. The lowest BCUT2D eigenvalue weighted by molar-refractivity contribution is -0.0495. The first-order chi connectivity index (χ1) is 8.45. The van der Waals surface area contributed by atoms with E-state index in [1.807, 2.05) is 0 Å². The Bertz CT molecular complexity index is 557. The first-order valence-electron chi connectivity index (χ1n) is 5.05. The van der Waals surface area contributed by atoms with Crippen LogP contribution in [0.3, 0.4) is 0 Å². The Morgan fingerprint density at radius 1 is 1.50 bits per heavy atom. The van der Waals surface area contributed by atoms with Crippen LogP contribution in [0.15, 0.2) is 15.8 Å². The third-order valence-electron chi connectivity index (χ3n) is 2.67. The van der Waals surface area contributed by atoms with Gasteiger partial charge in [-0.3, -0.25) is 14.3 Å². The van der Waals surface area contributed by atoms with Crippen molar-refractivity contribution >= 4 is 0 Å². The second-order valence-electron chi connectivity index (χ2n) is 3.83. The summed E-state index contributed by atoms with van der Waals surface area (Å²) in [6, 6.07) is 0. The lowest BCUT2D eigenvalue weighted by Crippen LogP contribution is -2.37. The third kappa shape index (κ3) is 1.96. The van der Waals surface area contributed by atoms with Gasteiger partial charge in [0, 0.05) is 0 Å². The molecular weight excluding hydrogens is 254 g/mol. The van der Waals surface area contributed by atoms with Gasteiger partial charge in [0.25, 0.3) is 5.56 Å². The highest BCUT2D eigenvalue weighted by Crippen LogP contribution is 2.30. The van der Waals surface area contributed by atoms with Gasteiger partial charge in [-0.25, -0.2) is 9.18 Å². The van der Waals surface area contributed by atoms with Gasteiger partial charge >= 0.3 is 5.69 Å². The molecule has 7 nitrogen and oxygen atoms in total. The normalized spacial score (nSPS) is 31.8. The molecule has 1 aliphatic heterocycles. The molecule has 0 aromatic carbocycles. The van der Waals surface area contributed by atoms with Crippen LogP contribution in [0.25, 0.3) is 0 Å². The zero-order valence-corrected chi connectivity index (χ0v) is 8.92. The molecule has 1 aromatic heterocycles. The predicted octanol–water partition coefficient (Wildman–Crippen LogP) is -1.74. The quantitative estimate of drug-likeness (QED) is 0.588. The molecule has 0 spiro atoms. The van der Waals surface area contributed by atoms with Gasteiger partial charge in [-0.1, -0.05) is 0 Å². The molecule has 3 N–H and O–H groups in total. The molecule has 18 heavy (non-hydrogen) atoms. The summed E-state index contributed by atoms with van der Waals surface area (Å²) in [5.41, 5.74) is -2.30. The van der Waals surface area contributed by atoms with Crippen molar-refractivity contribution in [1.82, 2.24) is 9.55 Å². The number of hydrogen-bond donors (Lipinski definition) is 3. The average Bonchev–Trinajstić information content (AvgIpc) is 2.61. The van der Waals surface area contributed by atoms with E-state index in [0.29, 0.717) is 10.8 Å². The van der Waals surface area contributed by atoms with Crippen LogP contribution >= 0.6 is 0 Å². The smallest absolute Gasteiger partial charge is 0.330 e. The van der Waals surface area contributed by atoms with Gasteiger partial charge in [-0.2, -0.15) is 4.39 Å². The Kier molecular flexibility index (Phi) is 3.28. The molecule has 0 unspecified atom stereocenters. The number of aromatic amines is 1. The van der Waals surface area contributed by atoms with Gasteiger partial charge in [0.15, 0.2) is 12.4 Å². The first-order valence-corrected chi connectivity index (χ1v) is 5.05. The molecule has 0 amide bonds. The number of halogens is 2. The van der Waals surface area contributed by atoms with E-state index in [1.54, 1.807) is 4.98 Å². The first kappa shape index (κ1) is 12.9. The molecular formula is C9H10F2N2O5. The molecule has 0 saturated carbocycles. The maximum absolute atomic E-state index is 13.7. The van der Waals surface area contributed by atoms with Crippen LogP contribution in [0.1, 0.15) is 6.23 Å². The third-order valence-corrected chi connectivity index (χ3v) is 2.67. The Labute approximate surface area is 98.3 Å². The zero-order chi connectivity index (χ0) is 13.4. The molecule has 0 radical (unpaired) electrons. The van der Waals surface area contributed by atoms with Gasteiger partial charge in [0.2, 0.25) is 5.82 Å². The molecule has 2 heterocycles. The number of aliphatic hydroxyl groups excluding tert-OH is 2. The molecule has 4 atom stereocenters. The number of nitrogens with one attached hydrogen (secondary N) is 1. The molecule has 9 heteroatoms. The molecule has 1 aromatic rings. The summed E-state index contributed by atoms with van der Waals surface area (Å²) in [6.45, 7) is -0.654. The average molecular weight is 264 g/mol. The van der Waals surface area contributed by atoms with E-state index in [0.717, 1.165) is 0 Å². The number of alkyl halides is 1. The number of nitrogens with zero attached hydrogens (tertiary/aromatic N) is 1. The Morgan fingerprint density at radius 2 is 2.17 bits per heavy atom. The van der Waals surface area contributed by atoms with Crippen LogP contribution in [0.2, 0.25) is 0 Å². The van der Waals surface area contributed by atoms with Crippen molar-refractivity contribution in [2.45, 2.75) is 24.6 Å². The second-order valence-corrected chi connectivity index (χ2v) is 3.83. The SMILES string of the molecule is O=c1[nH]c(=O)n([C@@H]2O[C@H](CO)[C@@H](O)[C@@H]2F)cc1F. The summed E-state index contributed by atoms with van der Waals surface area (Å²) < 4.78 is 32.1. The summed E-state index contributed by atoms with van der Waals surface area (Å²) >= 11 is 0. The number of H-pyrrole nitrogens is 1. The number of ether oxygens (including phenoxy) is 1. The summed E-state index contributed by atoms with van der Waals surface area (Å²) in [7, 11) is 0. The van der Waals surface area contributed by atoms with Crippen molar-refractivity contribution in [2.75, 3.05) is 6.61 Å². The Morgan fingerprint density at radius 3 is 2.72 bits per heavy atom. The number of aromatic nitrogens is 2. The zero-order valence-electron chi connectivity index (χ0n) is 8.92. The molecule has 2 rings (SSSR count). The Balaban J connectivity index is 2.42. The van der Waals surface area contributed by atoms with Gasteiger partial charge < -0.3 is 14.9 Å². The van der Waals surface area contributed by atoms with E-state index in [2.05, 4.69) is 0 Å². The molecule has 1 fully saturated rings. The fraction of sp³-hybridized carbons (Fsp3) is 0.556. The minimum absolute atomic E-state index is 0.486. The van der Waals surface area contributed by atoms with Crippen LogP contribution in [-0.2, 0) is 4.74 Å². The van der Waals surface area contributed by atoms with Gasteiger partial charge in [-0.15, -0.1) is 0 Å². The summed E-state index contributed by atoms with van der Waals surface area (Å²) in [5, 5.41) is 18.2. The fourth-order valence-electron chi connectivity index (χ4n) is 1.73. The van der Waals surface area contributed by atoms with Crippen LogP contribution < -0.4 is 11.2 Å². The summed E-state index contributed by atoms with van der Waals surface area (Å²) in [5.74, 6) is -1.28. The lowest BCUT2D eigenvalue weighted by Gasteiger charge is -2.15. The minimum atomic E-state index is -2.02. The van der Waals surface area contributed by atoms with E-state index >= 15 is 0 Å². The van der Waals surface area contributed by atoms with Crippen LogP contribution in [0, 0.1) is 5.82 Å². The number of hydrogen-bond acceptors (Lipinski definition) is 5. The van der Waals surface area contributed by atoms with Gasteiger partial charge in [-0.05, 0) is 0 Å². The summed E-state index contributed by atoms with van der Waals surface area (Å²) in [4.78, 5) is 23.8. The van der Waals surface area contributed by atoms with Crippen molar-refractivity contribution in [3.63, 3.8) is 0 Å². The van der Waals surface area contributed by atoms with Crippen molar-refractivity contribution in [2.24, 2.45) is 0 Å². The molecule has 100 valence electrons. The lowest BCUT2D eigenvalue weighted by atomic mass is 10.1. The van der Waals surface area contributed by atoms with Crippen LogP contribution in [-0.4, -0.2) is 44.8 Å². The number of rotatable bonds is 2. The van der Waals surface area contributed by atoms with Crippen molar-refractivity contribution in [3.05, 3.63) is 32.9 Å². The fourth-order valence-corrected chi connectivity index (χ4v) is 1.73. The van der Waals surface area contributed by atoms with Crippen LogP contribution in [0.4, 0.5) is 8.78 Å². The molecule has 1 saturated heterocycles. The van der Waals surface area contributed by atoms with E-state index in [9.17, 15) is 23.5 Å². The standard InChI is InChI=1S/C9H10F2N2O5/c10-3-1-13(9(17)12-7(3)16)8-5(11)6(15)4(2-14)18-8/h1,4-6,8,14-15H,2H2,(H,12,16,17)/t4-,5+,6-,8-/m1/s1. The summed E-state index contributed by atoms with van der Waals surface area (Å²) in [6.07, 6.45) is -5.99.